The van der Waals surface area contributed by atoms with Gasteiger partial charge in [-0.25, -0.2) is 0 Å². The Bertz CT molecular complexity index is 144. The van der Waals surface area contributed by atoms with E-state index in [9.17, 15) is 4.11 Å². The molecule has 12 heavy (non-hydrogen) atoms. The van der Waals surface area contributed by atoms with Crippen molar-refractivity contribution in [1.29, 1.82) is 0 Å². The average molecular weight is 242 g/mol. The molecular formula is C7H15FS3Si. The first-order chi connectivity index (χ1) is 5.45. The van der Waals surface area contributed by atoms with Crippen molar-refractivity contribution < 1.29 is 4.11 Å². The van der Waals surface area contributed by atoms with Crippen LogP contribution >= 0.6 is 35.7 Å². The molecule has 0 aromatic carbocycles. The lowest BCUT2D eigenvalue weighted by Crippen LogP contribution is -2.17. The molecule has 5 heteroatoms. The first kappa shape index (κ1) is 12.9. The zero-order valence-corrected chi connectivity index (χ0v) is 11.2. The van der Waals surface area contributed by atoms with E-state index >= 15 is 0 Å². The van der Waals surface area contributed by atoms with Crippen LogP contribution in [0.15, 0.2) is 0 Å². The van der Waals surface area contributed by atoms with Gasteiger partial charge in [-0.3, -0.25) is 0 Å². The lowest BCUT2D eigenvalue weighted by atomic mass is 10.6. The van der Waals surface area contributed by atoms with Gasteiger partial charge >= 0.3 is 0 Å². The number of rotatable bonds is 4. The summed E-state index contributed by atoms with van der Waals surface area (Å²) in [6.07, 6.45) is 2.93. The van der Waals surface area contributed by atoms with Crippen LogP contribution in [-0.2, 0) is 0 Å². The van der Waals surface area contributed by atoms with Crippen molar-refractivity contribution >= 4 is 47.7 Å². The molecule has 0 atom stereocenters. The van der Waals surface area contributed by atoms with Gasteiger partial charge in [0.15, 0.2) is 0 Å². The molecule has 0 radical (unpaired) electrons. The predicted molar refractivity (Wildman–Crippen MR) is 66.6 cm³/mol. The van der Waals surface area contributed by atoms with E-state index in [1.165, 1.54) is 0 Å². The zero-order chi connectivity index (χ0) is 9.61. The Morgan fingerprint density at radius 3 is 2.50 bits per heavy atom. The van der Waals surface area contributed by atoms with E-state index < -0.39 is 8.41 Å². The summed E-state index contributed by atoms with van der Waals surface area (Å²) in [6, 6.07) is 0.761. The minimum absolute atomic E-state index is 0.761. The van der Waals surface area contributed by atoms with Gasteiger partial charge in [0.1, 0.15) is 3.53 Å². The highest BCUT2D eigenvalue weighted by Crippen LogP contribution is 2.19. The van der Waals surface area contributed by atoms with Gasteiger partial charge in [0, 0.05) is 0 Å². The third kappa shape index (κ3) is 9.03. The SMILES string of the molecule is CSC(=S)SCCC[Si](C)(C)F. The largest absolute Gasteiger partial charge is 0.314 e. The summed E-state index contributed by atoms with van der Waals surface area (Å²) in [5.41, 5.74) is 0. The topological polar surface area (TPSA) is 0 Å². The van der Waals surface area contributed by atoms with Crippen LogP contribution in [0.4, 0.5) is 4.11 Å². The fraction of sp³-hybridized carbons (Fsp3) is 0.857. The predicted octanol–water partition coefficient (Wildman–Crippen LogP) is 3.93. The second-order valence-electron chi connectivity index (χ2n) is 3.12. The number of hydrogen-bond acceptors (Lipinski definition) is 3. The Kier molecular flexibility index (Phi) is 6.90. The Morgan fingerprint density at radius 2 is 2.08 bits per heavy atom. The van der Waals surface area contributed by atoms with Gasteiger partial charge in [-0.05, 0) is 37.6 Å². The van der Waals surface area contributed by atoms with Crippen molar-refractivity contribution in [1.82, 2.24) is 0 Å². The third-order valence-corrected chi connectivity index (χ3v) is 5.61. The molecule has 0 saturated heterocycles. The molecule has 0 rings (SSSR count). The highest BCUT2D eigenvalue weighted by Gasteiger charge is 2.18. The van der Waals surface area contributed by atoms with Crippen LogP contribution in [-0.4, -0.2) is 23.9 Å². The van der Waals surface area contributed by atoms with Gasteiger partial charge in [-0.15, -0.1) is 23.5 Å². The maximum absolute atomic E-state index is 13.1. The fourth-order valence-corrected chi connectivity index (χ4v) is 3.41. The van der Waals surface area contributed by atoms with Crippen molar-refractivity contribution in [3.05, 3.63) is 0 Å². The molecule has 0 aliphatic carbocycles. The van der Waals surface area contributed by atoms with E-state index in [0.29, 0.717) is 0 Å². The van der Waals surface area contributed by atoms with Crippen LogP contribution in [0.3, 0.4) is 0 Å². The van der Waals surface area contributed by atoms with E-state index in [1.54, 1.807) is 36.6 Å². The smallest absolute Gasteiger partial charge is 0.241 e. The quantitative estimate of drug-likeness (QED) is 0.317. The maximum Gasteiger partial charge on any atom is 0.241 e. The maximum atomic E-state index is 13.1. The Labute approximate surface area is 89.3 Å². The van der Waals surface area contributed by atoms with Gasteiger partial charge in [0.25, 0.3) is 0 Å². The minimum Gasteiger partial charge on any atom is -0.314 e. The first-order valence-corrected chi connectivity index (χ1v) is 9.56. The highest BCUT2D eigenvalue weighted by atomic mass is 32.2. The van der Waals surface area contributed by atoms with Gasteiger partial charge < -0.3 is 4.11 Å². The third-order valence-electron chi connectivity index (χ3n) is 1.30. The van der Waals surface area contributed by atoms with E-state index in [4.69, 9.17) is 12.2 Å². The number of hydrogen-bond donors (Lipinski definition) is 0. The van der Waals surface area contributed by atoms with Crippen LogP contribution in [0.5, 0.6) is 0 Å². The van der Waals surface area contributed by atoms with Gasteiger partial charge in [-0.1, -0.05) is 12.2 Å². The fourth-order valence-electron chi connectivity index (χ4n) is 0.707. The number of thioether (sulfide) groups is 2. The molecule has 0 saturated carbocycles. The second-order valence-corrected chi connectivity index (χ2v) is 10.2. The Hall–Kier alpha value is 0.937. The van der Waals surface area contributed by atoms with Gasteiger partial charge in [0.2, 0.25) is 8.41 Å². The first-order valence-electron chi connectivity index (χ1n) is 3.85. The van der Waals surface area contributed by atoms with Crippen molar-refractivity contribution in [3.8, 4) is 0 Å². The lowest BCUT2D eigenvalue weighted by Gasteiger charge is -2.09. The molecule has 0 N–H and O–H groups in total. The second kappa shape index (κ2) is 6.40. The molecule has 0 unspecified atom stereocenters. The minimum atomic E-state index is -2.30. The average Bonchev–Trinajstić information content (AvgIpc) is 1.96. The lowest BCUT2D eigenvalue weighted by molar-refractivity contribution is 0.776. The molecule has 0 amide bonds. The molecule has 0 aliphatic rings. The molecule has 0 heterocycles. The molecule has 0 aliphatic heterocycles. The van der Waals surface area contributed by atoms with Gasteiger partial charge in [0.05, 0.1) is 0 Å². The Balaban J connectivity index is 3.28. The molecule has 72 valence electrons. The van der Waals surface area contributed by atoms with E-state index in [1.807, 2.05) is 6.26 Å². The zero-order valence-electron chi connectivity index (χ0n) is 7.72. The Morgan fingerprint density at radius 1 is 1.50 bits per heavy atom. The number of halogens is 1. The summed E-state index contributed by atoms with van der Waals surface area (Å²) >= 11 is 8.27. The van der Waals surface area contributed by atoms with E-state index in [-0.39, 0.29) is 0 Å². The van der Waals surface area contributed by atoms with Crippen LogP contribution in [0.1, 0.15) is 6.42 Å². The summed E-state index contributed by atoms with van der Waals surface area (Å²) in [6.45, 7) is 3.51. The molecule has 0 fully saturated rings. The molecule has 0 aromatic heterocycles. The molecule has 0 spiro atoms. The normalized spacial score (nSPS) is 11.7. The van der Waals surface area contributed by atoms with Crippen LogP contribution in [0.25, 0.3) is 0 Å². The summed E-state index contributed by atoms with van der Waals surface area (Å²) < 4.78 is 14.1. The van der Waals surface area contributed by atoms with Crippen LogP contribution in [0, 0.1) is 0 Å². The molecule has 0 aromatic rings. The summed E-state index contributed by atoms with van der Waals surface area (Å²) in [7, 11) is -2.30. The molecule has 0 nitrogen and oxygen atoms in total. The number of thiocarbonyl (C=S) groups is 1. The highest BCUT2D eigenvalue weighted by molar-refractivity contribution is 8.46. The van der Waals surface area contributed by atoms with E-state index in [0.717, 1.165) is 21.7 Å². The van der Waals surface area contributed by atoms with Crippen molar-refractivity contribution in [2.45, 2.75) is 25.6 Å². The van der Waals surface area contributed by atoms with Crippen molar-refractivity contribution in [2.75, 3.05) is 12.0 Å². The van der Waals surface area contributed by atoms with Crippen molar-refractivity contribution in [3.63, 3.8) is 0 Å². The van der Waals surface area contributed by atoms with Gasteiger partial charge in [-0.2, -0.15) is 0 Å². The summed E-state index contributed by atoms with van der Waals surface area (Å²) in [5.74, 6) is 0.972. The standard InChI is InChI=1S/C7H15FS3Si/c1-10-7(9)11-5-4-6-12(2,3)8/h4-6H2,1-3H3. The van der Waals surface area contributed by atoms with Crippen LogP contribution < -0.4 is 0 Å². The summed E-state index contributed by atoms with van der Waals surface area (Å²) in [4.78, 5) is 0. The van der Waals surface area contributed by atoms with E-state index in [2.05, 4.69) is 0 Å². The molecular weight excluding hydrogens is 227 g/mol. The van der Waals surface area contributed by atoms with Crippen molar-refractivity contribution in [2.24, 2.45) is 0 Å². The summed E-state index contributed by atoms with van der Waals surface area (Å²) in [5, 5.41) is 0. The van der Waals surface area contributed by atoms with Crippen LogP contribution in [0.2, 0.25) is 19.1 Å². The monoisotopic (exact) mass is 242 g/mol. The molecule has 0 bridgehead atoms.